The van der Waals surface area contributed by atoms with Crippen molar-refractivity contribution in [3.8, 4) is 5.69 Å². The Morgan fingerprint density at radius 2 is 1.61 bits per heavy atom. The van der Waals surface area contributed by atoms with Crippen LogP contribution >= 0.6 is 11.8 Å². The number of rotatable bonds is 6. The maximum atomic E-state index is 12.3. The van der Waals surface area contributed by atoms with Gasteiger partial charge in [-0.25, -0.2) is 0 Å². The third kappa shape index (κ3) is 4.36. The molecule has 1 aromatic heterocycles. The number of aromatic nitrogens is 3. The fraction of sp³-hybridized carbons (Fsp3) is 0.286. The van der Waals surface area contributed by atoms with E-state index in [-0.39, 0.29) is 11.7 Å². The zero-order chi connectivity index (χ0) is 19.2. The summed E-state index contributed by atoms with van der Waals surface area (Å²) in [6.07, 6.45) is 3.60. The van der Waals surface area contributed by atoms with E-state index in [2.05, 4.69) is 25.0 Å². The summed E-state index contributed by atoms with van der Waals surface area (Å²) in [7, 11) is 0. The SMILES string of the molecule is O=C(CSc1nnc(N2CCCCC2)n1-c1ccccc1)Nc1ccccc1. The summed E-state index contributed by atoms with van der Waals surface area (Å²) in [5, 5.41) is 12.5. The summed E-state index contributed by atoms with van der Waals surface area (Å²) in [5.41, 5.74) is 1.81. The number of piperidine rings is 1. The van der Waals surface area contributed by atoms with E-state index in [1.54, 1.807) is 0 Å². The van der Waals surface area contributed by atoms with Crippen molar-refractivity contribution in [1.82, 2.24) is 14.8 Å². The smallest absolute Gasteiger partial charge is 0.234 e. The Morgan fingerprint density at radius 3 is 2.32 bits per heavy atom. The van der Waals surface area contributed by atoms with Gasteiger partial charge < -0.3 is 10.2 Å². The van der Waals surface area contributed by atoms with Crippen molar-refractivity contribution in [2.75, 3.05) is 29.1 Å². The lowest BCUT2D eigenvalue weighted by Crippen LogP contribution is -2.31. The van der Waals surface area contributed by atoms with Crippen LogP contribution in [0.4, 0.5) is 11.6 Å². The summed E-state index contributed by atoms with van der Waals surface area (Å²) in [6.45, 7) is 1.98. The summed E-state index contributed by atoms with van der Waals surface area (Å²) >= 11 is 1.40. The predicted molar refractivity (Wildman–Crippen MR) is 113 cm³/mol. The first-order chi connectivity index (χ1) is 13.8. The van der Waals surface area contributed by atoms with E-state index in [9.17, 15) is 4.79 Å². The Bertz CT molecular complexity index is 907. The van der Waals surface area contributed by atoms with Gasteiger partial charge in [-0.15, -0.1) is 10.2 Å². The van der Waals surface area contributed by atoms with E-state index < -0.39 is 0 Å². The Hall–Kier alpha value is -2.80. The van der Waals surface area contributed by atoms with E-state index in [0.717, 1.165) is 35.6 Å². The fourth-order valence-electron chi connectivity index (χ4n) is 3.31. The Kier molecular flexibility index (Phi) is 5.92. The molecule has 2 aromatic carbocycles. The molecule has 1 N–H and O–H groups in total. The van der Waals surface area contributed by atoms with Crippen molar-refractivity contribution in [3.05, 3.63) is 60.7 Å². The summed E-state index contributed by atoms with van der Waals surface area (Å²) in [6, 6.07) is 19.6. The standard InChI is InChI=1S/C21H23N5OS/c27-19(22-17-10-4-1-5-11-17)16-28-21-24-23-20(25-14-8-3-9-15-25)26(21)18-12-6-2-7-13-18/h1-2,4-7,10-13H,3,8-9,14-16H2,(H,22,27). The molecule has 1 aliphatic heterocycles. The highest BCUT2D eigenvalue weighted by atomic mass is 32.2. The van der Waals surface area contributed by atoms with Crippen LogP contribution in [0.1, 0.15) is 19.3 Å². The molecule has 0 bridgehead atoms. The van der Waals surface area contributed by atoms with Crippen molar-refractivity contribution in [2.24, 2.45) is 0 Å². The first kappa shape index (κ1) is 18.6. The maximum absolute atomic E-state index is 12.3. The van der Waals surface area contributed by atoms with Gasteiger partial charge in [0.2, 0.25) is 11.9 Å². The van der Waals surface area contributed by atoms with E-state index in [0.29, 0.717) is 0 Å². The average Bonchev–Trinajstić information content (AvgIpc) is 3.18. The molecule has 7 heteroatoms. The van der Waals surface area contributed by atoms with Gasteiger partial charge in [0.05, 0.1) is 11.4 Å². The lowest BCUT2D eigenvalue weighted by molar-refractivity contribution is -0.113. The van der Waals surface area contributed by atoms with E-state index >= 15 is 0 Å². The molecule has 1 amide bonds. The van der Waals surface area contributed by atoms with Crippen LogP contribution < -0.4 is 10.2 Å². The van der Waals surface area contributed by atoms with Crippen LogP contribution in [0.3, 0.4) is 0 Å². The average molecular weight is 394 g/mol. The Morgan fingerprint density at radius 1 is 0.929 bits per heavy atom. The minimum absolute atomic E-state index is 0.0571. The van der Waals surface area contributed by atoms with Crippen LogP contribution in [0.25, 0.3) is 5.69 Å². The minimum atomic E-state index is -0.0571. The second-order valence-electron chi connectivity index (χ2n) is 6.70. The molecule has 1 saturated heterocycles. The molecule has 0 radical (unpaired) electrons. The Balaban J connectivity index is 1.53. The molecule has 28 heavy (non-hydrogen) atoms. The van der Waals surface area contributed by atoms with Gasteiger partial charge in [-0.05, 0) is 43.5 Å². The van der Waals surface area contributed by atoms with Crippen LogP contribution in [-0.2, 0) is 4.79 Å². The van der Waals surface area contributed by atoms with Crippen LogP contribution in [0.2, 0.25) is 0 Å². The first-order valence-corrected chi connectivity index (χ1v) is 10.5. The molecule has 0 spiro atoms. The molecule has 1 fully saturated rings. The van der Waals surface area contributed by atoms with Crippen molar-refractivity contribution in [1.29, 1.82) is 0 Å². The van der Waals surface area contributed by atoms with Gasteiger partial charge in [-0.3, -0.25) is 9.36 Å². The lowest BCUT2D eigenvalue weighted by atomic mass is 10.1. The van der Waals surface area contributed by atoms with Crippen molar-refractivity contribution < 1.29 is 4.79 Å². The number of nitrogens with zero attached hydrogens (tertiary/aromatic N) is 4. The number of carbonyl (C=O) groups is 1. The molecule has 3 aromatic rings. The third-order valence-electron chi connectivity index (χ3n) is 4.66. The van der Waals surface area contributed by atoms with Gasteiger partial charge in [0.25, 0.3) is 0 Å². The topological polar surface area (TPSA) is 63.1 Å². The minimum Gasteiger partial charge on any atom is -0.341 e. The molecule has 0 saturated carbocycles. The number of carbonyl (C=O) groups excluding carboxylic acids is 1. The van der Waals surface area contributed by atoms with Crippen LogP contribution in [0.15, 0.2) is 65.8 Å². The summed E-state index contributed by atoms with van der Waals surface area (Å²) in [4.78, 5) is 14.6. The van der Waals surface area contributed by atoms with E-state index in [1.165, 1.54) is 31.0 Å². The highest BCUT2D eigenvalue weighted by molar-refractivity contribution is 7.99. The number of nitrogens with one attached hydrogen (secondary N) is 1. The van der Waals surface area contributed by atoms with Crippen LogP contribution in [-0.4, -0.2) is 39.5 Å². The molecule has 4 rings (SSSR count). The van der Waals surface area contributed by atoms with Crippen molar-refractivity contribution >= 4 is 29.3 Å². The molecule has 0 unspecified atom stereocenters. The normalized spacial score (nSPS) is 14.1. The number of hydrogen-bond acceptors (Lipinski definition) is 5. The number of thioether (sulfide) groups is 1. The zero-order valence-corrected chi connectivity index (χ0v) is 16.4. The van der Waals surface area contributed by atoms with E-state index in [1.807, 2.05) is 60.7 Å². The summed E-state index contributed by atoms with van der Waals surface area (Å²) < 4.78 is 2.06. The van der Waals surface area contributed by atoms with Crippen molar-refractivity contribution in [2.45, 2.75) is 24.4 Å². The number of anilines is 2. The van der Waals surface area contributed by atoms with Gasteiger partial charge >= 0.3 is 0 Å². The number of amides is 1. The first-order valence-electron chi connectivity index (χ1n) is 9.55. The van der Waals surface area contributed by atoms with Crippen LogP contribution in [0.5, 0.6) is 0 Å². The van der Waals surface area contributed by atoms with Gasteiger partial charge in [0.1, 0.15) is 0 Å². The van der Waals surface area contributed by atoms with E-state index in [4.69, 9.17) is 0 Å². The largest absolute Gasteiger partial charge is 0.341 e. The zero-order valence-electron chi connectivity index (χ0n) is 15.6. The molecule has 0 aliphatic carbocycles. The third-order valence-corrected chi connectivity index (χ3v) is 5.59. The fourth-order valence-corrected chi connectivity index (χ4v) is 4.05. The maximum Gasteiger partial charge on any atom is 0.234 e. The highest BCUT2D eigenvalue weighted by Gasteiger charge is 2.22. The number of hydrogen-bond donors (Lipinski definition) is 1. The molecular weight excluding hydrogens is 370 g/mol. The van der Waals surface area contributed by atoms with Crippen LogP contribution in [0, 0.1) is 0 Å². The monoisotopic (exact) mass is 393 g/mol. The van der Waals surface area contributed by atoms with Gasteiger partial charge in [-0.2, -0.15) is 0 Å². The quantitative estimate of drug-likeness (QED) is 0.642. The molecule has 1 aliphatic rings. The molecule has 0 atom stereocenters. The molecule has 2 heterocycles. The van der Waals surface area contributed by atoms with Gasteiger partial charge in [-0.1, -0.05) is 48.2 Å². The second kappa shape index (κ2) is 8.93. The number of benzene rings is 2. The Labute approximate surface area is 169 Å². The second-order valence-corrected chi connectivity index (χ2v) is 7.65. The highest BCUT2D eigenvalue weighted by Crippen LogP contribution is 2.28. The number of para-hydroxylation sites is 2. The van der Waals surface area contributed by atoms with Crippen molar-refractivity contribution in [3.63, 3.8) is 0 Å². The predicted octanol–water partition coefficient (Wildman–Crippen LogP) is 3.99. The molecule has 144 valence electrons. The molecule has 6 nitrogen and oxygen atoms in total. The van der Waals surface area contributed by atoms with Gasteiger partial charge in [0.15, 0.2) is 5.16 Å². The lowest BCUT2D eigenvalue weighted by Gasteiger charge is -2.27. The van der Waals surface area contributed by atoms with Gasteiger partial charge in [0, 0.05) is 18.8 Å². The molecular formula is C21H23N5OS. The summed E-state index contributed by atoms with van der Waals surface area (Å²) in [5.74, 6) is 1.08.